The van der Waals surface area contributed by atoms with Crippen LogP contribution >= 0.6 is 0 Å². The molecule has 0 unspecified atom stereocenters. The van der Waals surface area contributed by atoms with Crippen LogP contribution in [0.4, 0.5) is 39.8 Å². The Morgan fingerprint density at radius 3 is 1.10 bits per heavy atom. The molecule has 0 N–H and O–H groups in total. The Kier molecular flexibility index (Phi) is 10.3. The van der Waals surface area contributed by atoms with Gasteiger partial charge in [0.25, 0.3) is 6.71 Å². The van der Waals surface area contributed by atoms with Gasteiger partial charge < -0.3 is 28.1 Å². The van der Waals surface area contributed by atoms with Gasteiger partial charge in [-0.2, -0.15) is 5.26 Å². The van der Waals surface area contributed by atoms with Crippen molar-refractivity contribution in [1.29, 1.82) is 5.26 Å². The summed E-state index contributed by atoms with van der Waals surface area (Å²) in [6.45, 7) is 39.0. The Bertz CT molecular complexity index is 7660. The van der Waals surface area contributed by atoms with E-state index in [1.807, 2.05) is 75.4 Å². The summed E-state index contributed by atoms with van der Waals surface area (Å²) in [6, 6.07) is 25.7. The molecular formula is C100H87BN8. The zero-order chi connectivity index (χ0) is 94.6. The normalized spacial score (nSPS) is 16.2. The lowest BCUT2D eigenvalue weighted by Crippen LogP contribution is -2.61. The average molecular weight is 1430 g/mol. The van der Waals surface area contributed by atoms with Gasteiger partial charge in [0, 0.05) is 90.0 Å². The molecule has 0 aliphatic carbocycles. The van der Waals surface area contributed by atoms with Crippen LogP contribution in [0.1, 0.15) is 167 Å². The van der Waals surface area contributed by atoms with E-state index in [2.05, 4.69) is 170 Å². The molecule has 0 amide bonds. The lowest BCUT2D eigenvalue weighted by Gasteiger charge is -2.45. The molecule has 9 heteroatoms. The van der Waals surface area contributed by atoms with Crippen LogP contribution in [0.5, 0.6) is 0 Å². The Morgan fingerprint density at radius 1 is 0.330 bits per heavy atom. The summed E-state index contributed by atoms with van der Waals surface area (Å²) in [7, 11) is 0. The third kappa shape index (κ3) is 10.3. The molecule has 0 radical (unpaired) electrons. The van der Waals surface area contributed by atoms with Crippen molar-refractivity contribution >= 4 is 150 Å². The van der Waals surface area contributed by atoms with Gasteiger partial charge >= 0.3 is 0 Å². The number of fused-ring (bicyclic) bond motifs is 16. The predicted molar refractivity (Wildman–Crippen MR) is 462 cm³/mol. The second-order valence-corrected chi connectivity index (χ2v) is 34.0. The van der Waals surface area contributed by atoms with Gasteiger partial charge in [-0.1, -0.05) is 219 Å². The number of hydrogen-bond acceptors (Lipinski definition) is 3. The highest BCUT2D eigenvalue weighted by Gasteiger charge is 2.46. The highest BCUT2D eigenvalue weighted by Crippen LogP contribution is 2.53. The molecule has 0 saturated carbocycles. The maximum absolute atomic E-state index is 11.0. The van der Waals surface area contributed by atoms with Crippen molar-refractivity contribution in [3.8, 4) is 28.8 Å². The number of para-hydroxylation sites is 4. The molecule has 2 aliphatic rings. The molecule has 109 heavy (non-hydrogen) atoms. The molecule has 0 saturated heterocycles. The molecular weight excluding hydrogens is 1320 g/mol. The van der Waals surface area contributed by atoms with Crippen molar-refractivity contribution in [3.05, 3.63) is 299 Å². The molecule has 2 aliphatic heterocycles. The average Bonchev–Trinajstić information content (AvgIpc) is 1.66. The lowest BCUT2D eigenvalue weighted by molar-refractivity contribution is 0.590. The molecule has 8 nitrogen and oxygen atoms in total. The predicted octanol–water partition coefficient (Wildman–Crippen LogP) is 25.1. The first-order chi connectivity index (χ1) is 61.3. The number of nitrogens with zero attached hydrogens (tertiary/aromatic N) is 8. The van der Waals surface area contributed by atoms with E-state index in [9.17, 15) is 32.7 Å². The molecule has 6 heterocycles. The number of benzene rings is 13. The Hall–Kier alpha value is -12.3. The topological polar surface area (TPSA) is 54.4 Å². The van der Waals surface area contributed by atoms with Crippen LogP contribution in [0.25, 0.3) is 115 Å². The Labute approximate surface area is 669 Å². The maximum Gasteiger partial charge on any atom is 0.252 e. The lowest BCUT2D eigenvalue weighted by atomic mass is 9.33. The Morgan fingerprint density at radius 2 is 0.706 bits per heavy atom. The fourth-order valence-electron chi connectivity index (χ4n) is 16.5. The number of rotatable bonds is 6. The standard InChI is InChI=1S/C100H87BN8/c1-96(2,3)61-37-45-83-75(50-61)76-51-62(97(4,5)6)38-46-84(76)104(83)69-41-43-79-89(57-69)108(87-35-23-31-73-71-29-17-19-33-81(71)106(94(73)87)67-27-21-25-60(49-67)59-102)91-54-65(100(13,14)15)55-92-93(91)101(79)80-44-42-70(105-85-47-39-63(98(7,8)9)52-77(85)78-53-64(99(10,11)12)40-48-86(78)105)58-90(80)109(92)88-36-24-32-74-72-30-18-20-34-82(72)107(95(74)88)68-28-22-26-66(56-68)103-16/h17-58H,1-15H3/i17D,18D,19D,20D,21D,22D,23D,24D,25D,26D,27D,28D,29D,30D,31D,32D,33D,34D,35D,36D,49D,56D. The fourth-order valence-corrected chi connectivity index (χ4v) is 16.5. The molecule has 17 aromatic rings. The van der Waals surface area contributed by atoms with Gasteiger partial charge in [0.15, 0.2) is 5.69 Å². The van der Waals surface area contributed by atoms with Crippen molar-refractivity contribution in [2.24, 2.45) is 0 Å². The molecule has 19 rings (SSSR count). The monoisotopic (exact) mass is 1430 g/mol. The zero-order valence-electron chi connectivity index (χ0n) is 85.2. The number of anilines is 6. The van der Waals surface area contributed by atoms with Crippen LogP contribution < -0.4 is 26.2 Å². The minimum atomic E-state index is -1.07. The van der Waals surface area contributed by atoms with E-state index in [0.717, 1.165) is 75.0 Å². The van der Waals surface area contributed by atoms with Gasteiger partial charge in [-0.3, -0.25) is 0 Å². The van der Waals surface area contributed by atoms with Crippen LogP contribution in [-0.2, 0) is 27.1 Å². The van der Waals surface area contributed by atoms with E-state index < -0.39 is 184 Å². The minimum Gasteiger partial charge on any atom is -0.309 e. The van der Waals surface area contributed by atoms with Crippen LogP contribution in [-0.4, -0.2) is 25.0 Å². The summed E-state index contributed by atoms with van der Waals surface area (Å²) in [6.07, 6.45) is 0. The van der Waals surface area contributed by atoms with Gasteiger partial charge in [0.2, 0.25) is 0 Å². The van der Waals surface area contributed by atoms with Crippen LogP contribution in [0.3, 0.4) is 0 Å². The molecule has 530 valence electrons. The summed E-state index contributed by atoms with van der Waals surface area (Å²) in [5, 5.41) is 13.1. The first-order valence-electron chi connectivity index (χ1n) is 47.6. The first-order valence-corrected chi connectivity index (χ1v) is 36.6. The van der Waals surface area contributed by atoms with Crippen molar-refractivity contribution in [2.45, 2.75) is 131 Å². The third-order valence-electron chi connectivity index (χ3n) is 22.1. The summed E-state index contributed by atoms with van der Waals surface area (Å²) in [5.41, 5.74) is 3.68. The highest BCUT2D eigenvalue weighted by atomic mass is 15.2. The molecule has 0 fully saturated rings. The van der Waals surface area contributed by atoms with Crippen molar-refractivity contribution < 1.29 is 30.2 Å². The van der Waals surface area contributed by atoms with E-state index in [0.29, 0.717) is 33.3 Å². The smallest absolute Gasteiger partial charge is 0.252 e. The van der Waals surface area contributed by atoms with Crippen molar-refractivity contribution in [2.75, 3.05) is 9.80 Å². The summed E-state index contributed by atoms with van der Waals surface area (Å²) in [5.74, 6) is 0. The molecule has 0 atom stereocenters. The Balaban J connectivity index is 1.07. The SMILES string of the molecule is [2H]c1c([2H])c(C#N)c([2H])c(-n2c3c([2H])c([2H])c([2H])c([2H])c3c3c([2H])c([2H])c([2H])c(N4c5cc(-n6c7ccc(C(C)(C)C)cc7c7cc(C(C)(C)C)ccc76)ccc5B5c6ccc(-n7c8ccc(C(C)(C)C)cc8c8cc(C(C)(C)C)ccc87)cc6N(c6c([2H])c([2H])c([2H])c7c8c([2H])c([2H])c([2H])c([2H])c8n(-c8c([2H])c([2H])c([2H])c([N+]#[C-])c8[2H])c67)c6cc(C(C)(C)C)cc4c65)c32)c1[2H]. The van der Waals surface area contributed by atoms with E-state index in [1.54, 1.807) is 9.80 Å². The zero-order valence-corrected chi connectivity index (χ0v) is 63.2. The van der Waals surface area contributed by atoms with Crippen molar-refractivity contribution in [3.63, 3.8) is 0 Å². The quantitative estimate of drug-likeness (QED) is 0.123. The summed E-state index contributed by atoms with van der Waals surface area (Å²) >= 11 is 0. The van der Waals surface area contributed by atoms with E-state index in [4.69, 9.17) is 9.31 Å². The molecule has 0 spiro atoms. The number of hydrogen-bond donors (Lipinski definition) is 0. The van der Waals surface area contributed by atoms with E-state index >= 15 is 0 Å². The van der Waals surface area contributed by atoms with E-state index in [-0.39, 0.29) is 83.0 Å². The molecule has 0 bridgehead atoms. The van der Waals surface area contributed by atoms with Gasteiger partial charge in [0.1, 0.15) is 0 Å². The summed E-state index contributed by atoms with van der Waals surface area (Å²) in [4.78, 5) is 6.95. The maximum atomic E-state index is 11.0. The van der Waals surface area contributed by atoms with Crippen LogP contribution in [0.2, 0.25) is 0 Å². The largest absolute Gasteiger partial charge is 0.309 e. The first kappa shape index (κ1) is 47.4. The van der Waals surface area contributed by atoms with Gasteiger partial charge in [-0.05, 0) is 211 Å². The summed E-state index contributed by atoms with van der Waals surface area (Å²) < 4.78 is 224. The number of nitriles is 1. The third-order valence-corrected chi connectivity index (χ3v) is 22.1. The minimum absolute atomic E-state index is 0.167. The van der Waals surface area contributed by atoms with Gasteiger partial charge in [-0.25, -0.2) is 4.85 Å². The van der Waals surface area contributed by atoms with E-state index in [1.165, 1.54) is 0 Å². The molecule has 4 aromatic heterocycles. The van der Waals surface area contributed by atoms with Crippen molar-refractivity contribution in [1.82, 2.24) is 18.3 Å². The van der Waals surface area contributed by atoms with Gasteiger partial charge in [-0.15, -0.1) is 0 Å². The number of aromatic nitrogens is 4. The van der Waals surface area contributed by atoms with Gasteiger partial charge in [0.05, 0.1) is 102 Å². The second kappa shape index (κ2) is 23.6. The highest BCUT2D eigenvalue weighted by molar-refractivity contribution is 7.00. The molecule has 13 aromatic carbocycles. The fraction of sp³-hybridized carbons (Fsp3) is 0.200. The second-order valence-electron chi connectivity index (χ2n) is 34.0. The van der Waals surface area contributed by atoms with Crippen LogP contribution in [0, 0.1) is 17.9 Å². The van der Waals surface area contributed by atoms with Crippen LogP contribution in [0.15, 0.2) is 254 Å².